The third kappa shape index (κ3) is 4.53. The van der Waals surface area contributed by atoms with Crippen molar-refractivity contribution >= 4 is 40.7 Å². The SMILES string of the molecule is Cc1ccc(C)n1NC(=O)c1cccc(NC(=O)[C@H]2CC(=O)N(c3ccc(Cl)cc3)C2)c1. The van der Waals surface area contributed by atoms with Crippen molar-refractivity contribution in [3.8, 4) is 0 Å². The van der Waals surface area contributed by atoms with Gasteiger partial charge in [-0.1, -0.05) is 17.7 Å². The molecule has 0 unspecified atom stereocenters. The summed E-state index contributed by atoms with van der Waals surface area (Å²) in [6.45, 7) is 4.10. The molecule has 0 radical (unpaired) electrons. The standard InChI is InChI=1S/C24H23ClN4O3/c1-15-6-7-16(2)29(15)27-24(32)17-4-3-5-20(12-17)26-23(31)18-13-22(30)28(14-18)21-10-8-19(25)9-11-21/h3-12,18H,13-14H2,1-2H3,(H,26,31)(H,27,32)/t18-/m0/s1. The molecule has 4 rings (SSSR count). The molecular weight excluding hydrogens is 428 g/mol. The quantitative estimate of drug-likeness (QED) is 0.613. The Labute approximate surface area is 190 Å². The van der Waals surface area contributed by atoms with Crippen LogP contribution < -0.4 is 15.6 Å². The molecular formula is C24H23ClN4O3. The normalized spacial score (nSPS) is 15.7. The molecule has 32 heavy (non-hydrogen) atoms. The van der Waals surface area contributed by atoms with Gasteiger partial charge in [0.15, 0.2) is 0 Å². The first-order valence-corrected chi connectivity index (χ1v) is 10.6. The van der Waals surface area contributed by atoms with E-state index in [1.807, 2.05) is 26.0 Å². The molecule has 0 aliphatic carbocycles. The Morgan fingerprint density at radius 3 is 2.38 bits per heavy atom. The lowest BCUT2D eigenvalue weighted by Gasteiger charge is -2.17. The molecule has 1 saturated heterocycles. The van der Waals surface area contributed by atoms with Crippen LogP contribution in [-0.2, 0) is 9.59 Å². The molecule has 2 heterocycles. The van der Waals surface area contributed by atoms with E-state index >= 15 is 0 Å². The number of carbonyl (C=O) groups is 3. The molecule has 1 aromatic heterocycles. The molecule has 0 bridgehead atoms. The van der Waals surface area contributed by atoms with E-state index < -0.39 is 5.92 Å². The molecule has 2 aromatic carbocycles. The topological polar surface area (TPSA) is 83.4 Å². The fourth-order valence-corrected chi connectivity index (χ4v) is 3.87. The van der Waals surface area contributed by atoms with Crippen LogP contribution in [-0.4, -0.2) is 28.9 Å². The second-order valence-electron chi connectivity index (χ2n) is 7.84. The highest BCUT2D eigenvalue weighted by Gasteiger charge is 2.35. The summed E-state index contributed by atoms with van der Waals surface area (Å²) in [6.07, 6.45) is 0.126. The maximum absolute atomic E-state index is 12.8. The summed E-state index contributed by atoms with van der Waals surface area (Å²) in [5.41, 5.74) is 6.31. The Kier molecular flexibility index (Phi) is 6.01. The third-order valence-corrected chi connectivity index (χ3v) is 5.76. The van der Waals surface area contributed by atoms with Crippen LogP contribution >= 0.6 is 11.6 Å². The highest BCUT2D eigenvalue weighted by molar-refractivity contribution is 6.30. The number of hydrogen-bond donors (Lipinski definition) is 2. The molecule has 2 N–H and O–H groups in total. The third-order valence-electron chi connectivity index (χ3n) is 5.51. The Balaban J connectivity index is 1.42. The average molecular weight is 451 g/mol. The highest BCUT2D eigenvalue weighted by Crippen LogP contribution is 2.27. The van der Waals surface area contributed by atoms with Gasteiger partial charge in [-0.3, -0.25) is 24.5 Å². The van der Waals surface area contributed by atoms with Crippen molar-refractivity contribution in [1.82, 2.24) is 4.68 Å². The van der Waals surface area contributed by atoms with Crippen LogP contribution in [0, 0.1) is 19.8 Å². The summed E-state index contributed by atoms with van der Waals surface area (Å²) in [4.78, 5) is 39.5. The minimum Gasteiger partial charge on any atom is -0.326 e. The van der Waals surface area contributed by atoms with Gasteiger partial charge in [0.25, 0.3) is 5.91 Å². The minimum atomic E-state index is -0.485. The van der Waals surface area contributed by atoms with Crippen LogP contribution in [0.2, 0.25) is 5.02 Å². The van der Waals surface area contributed by atoms with Crippen molar-refractivity contribution in [3.05, 3.63) is 82.6 Å². The van der Waals surface area contributed by atoms with Gasteiger partial charge in [-0.25, -0.2) is 0 Å². The Morgan fingerprint density at radius 2 is 1.69 bits per heavy atom. The molecule has 1 aliphatic rings. The number of aromatic nitrogens is 1. The second-order valence-corrected chi connectivity index (χ2v) is 8.28. The van der Waals surface area contributed by atoms with Crippen LogP contribution in [0.15, 0.2) is 60.7 Å². The Bertz CT molecular complexity index is 1170. The van der Waals surface area contributed by atoms with Gasteiger partial charge >= 0.3 is 0 Å². The number of rotatable bonds is 5. The van der Waals surface area contributed by atoms with Gasteiger partial charge in [-0.05, 0) is 68.4 Å². The van der Waals surface area contributed by atoms with E-state index in [1.165, 1.54) is 0 Å². The lowest BCUT2D eigenvalue weighted by molar-refractivity contribution is -0.122. The number of anilines is 2. The number of halogens is 1. The molecule has 1 atom stereocenters. The van der Waals surface area contributed by atoms with E-state index in [2.05, 4.69) is 10.7 Å². The smallest absolute Gasteiger partial charge is 0.270 e. The second kappa shape index (κ2) is 8.88. The van der Waals surface area contributed by atoms with Crippen LogP contribution in [0.4, 0.5) is 11.4 Å². The highest BCUT2D eigenvalue weighted by atomic mass is 35.5. The monoisotopic (exact) mass is 450 g/mol. The van der Waals surface area contributed by atoms with E-state index in [0.29, 0.717) is 28.5 Å². The zero-order valence-electron chi connectivity index (χ0n) is 17.8. The number of nitrogens with zero attached hydrogens (tertiary/aromatic N) is 2. The lowest BCUT2D eigenvalue weighted by atomic mass is 10.1. The lowest BCUT2D eigenvalue weighted by Crippen LogP contribution is -2.28. The summed E-state index contributed by atoms with van der Waals surface area (Å²) < 4.78 is 1.71. The molecule has 3 aromatic rings. The molecule has 1 fully saturated rings. The summed E-state index contributed by atoms with van der Waals surface area (Å²) in [5.74, 6) is -1.14. The van der Waals surface area contributed by atoms with E-state index in [4.69, 9.17) is 11.6 Å². The van der Waals surface area contributed by atoms with E-state index in [1.54, 1.807) is 58.1 Å². The number of aryl methyl sites for hydroxylation is 2. The number of nitrogens with one attached hydrogen (secondary N) is 2. The molecule has 3 amide bonds. The van der Waals surface area contributed by atoms with Gasteiger partial charge in [-0.2, -0.15) is 0 Å². The van der Waals surface area contributed by atoms with Crippen molar-refractivity contribution in [2.45, 2.75) is 20.3 Å². The van der Waals surface area contributed by atoms with Crippen molar-refractivity contribution in [2.75, 3.05) is 22.2 Å². The van der Waals surface area contributed by atoms with Crippen molar-refractivity contribution in [1.29, 1.82) is 0 Å². The first-order chi connectivity index (χ1) is 15.3. The molecule has 7 nitrogen and oxygen atoms in total. The number of amides is 3. The fraction of sp³-hybridized carbons (Fsp3) is 0.208. The molecule has 8 heteroatoms. The van der Waals surface area contributed by atoms with Gasteiger partial charge in [0.1, 0.15) is 0 Å². The maximum Gasteiger partial charge on any atom is 0.270 e. The predicted octanol–water partition coefficient (Wildman–Crippen LogP) is 4.13. The van der Waals surface area contributed by atoms with Gasteiger partial charge in [-0.15, -0.1) is 0 Å². The van der Waals surface area contributed by atoms with E-state index in [-0.39, 0.29) is 24.1 Å². The number of hydrogen-bond acceptors (Lipinski definition) is 3. The maximum atomic E-state index is 12.8. The molecule has 164 valence electrons. The summed E-state index contributed by atoms with van der Waals surface area (Å²) in [7, 11) is 0. The zero-order valence-corrected chi connectivity index (χ0v) is 18.5. The van der Waals surface area contributed by atoms with E-state index in [0.717, 1.165) is 11.4 Å². The predicted molar refractivity (Wildman–Crippen MR) is 125 cm³/mol. The van der Waals surface area contributed by atoms with Gasteiger partial charge in [0.2, 0.25) is 11.8 Å². The summed E-state index contributed by atoms with van der Waals surface area (Å²) in [5, 5.41) is 3.42. The van der Waals surface area contributed by atoms with Crippen LogP contribution in [0.1, 0.15) is 28.2 Å². The Hall–Kier alpha value is -3.58. The van der Waals surface area contributed by atoms with E-state index in [9.17, 15) is 14.4 Å². The van der Waals surface area contributed by atoms with Gasteiger partial charge < -0.3 is 10.2 Å². The first kappa shape index (κ1) is 21.6. The molecule has 0 saturated carbocycles. The largest absolute Gasteiger partial charge is 0.326 e. The van der Waals surface area contributed by atoms with Crippen LogP contribution in [0.5, 0.6) is 0 Å². The Morgan fingerprint density at radius 1 is 1.00 bits per heavy atom. The number of benzene rings is 2. The number of carbonyl (C=O) groups excluding carboxylic acids is 3. The van der Waals surface area contributed by atoms with Crippen molar-refractivity contribution in [2.24, 2.45) is 5.92 Å². The fourth-order valence-electron chi connectivity index (χ4n) is 3.75. The first-order valence-electron chi connectivity index (χ1n) is 10.2. The van der Waals surface area contributed by atoms with Crippen LogP contribution in [0.25, 0.3) is 0 Å². The van der Waals surface area contributed by atoms with Gasteiger partial charge in [0.05, 0.1) is 5.92 Å². The summed E-state index contributed by atoms with van der Waals surface area (Å²) >= 11 is 5.92. The minimum absolute atomic E-state index is 0.113. The average Bonchev–Trinajstić information content (AvgIpc) is 3.31. The molecule has 1 aliphatic heterocycles. The summed E-state index contributed by atoms with van der Waals surface area (Å²) in [6, 6.07) is 17.5. The van der Waals surface area contributed by atoms with Crippen molar-refractivity contribution in [3.63, 3.8) is 0 Å². The van der Waals surface area contributed by atoms with Crippen molar-refractivity contribution < 1.29 is 14.4 Å². The van der Waals surface area contributed by atoms with Gasteiger partial charge in [0, 0.05) is 46.3 Å². The van der Waals surface area contributed by atoms with Crippen LogP contribution in [0.3, 0.4) is 0 Å². The molecule has 0 spiro atoms. The zero-order chi connectivity index (χ0) is 22.8.